The molecule has 0 fully saturated rings. The summed E-state index contributed by atoms with van der Waals surface area (Å²) in [4.78, 5) is 15.7. The van der Waals surface area contributed by atoms with E-state index in [0.717, 1.165) is 19.5 Å². The van der Waals surface area contributed by atoms with E-state index in [-0.39, 0.29) is 12.5 Å². The van der Waals surface area contributed by atoms with E-state index in [0.29, 0.717) is 12.2 Å². The lowest BCUT2D eigenvalue weighted by Crippen LogP contribution is -2.32. The lowest BCUT2D eigenvalue weighted by atomic mass is 10.3. The molecule has 0 spiro atoms. The lowest BCUT2D eigenvalue weighted by Gasteiger charge is -2.18. The van der Waals surface area contributed by atoms with E-state index in [4.69, 9.17) is 5.73 Å². The zero-order valence-electron chi connectivity index (χ0n) is 11.3. The number of nitrogens with zero attached hydrogens (tertiary/aromatic N) is 5. The molecule has 0 saturated heterocycles. The number of carbonyl (C=O) groups excluding carboxylic acids is 1. The number of aromatic nitrogens is 3. The Morgan fingerprint density at radius 3 is 2.67 bits per heavy atom. The fourth-order valence-corrected chi connectivity index (χ4v) is 1.52. The number of rotatable bonds is 7. The molecule has 1 aromatic rings. The average molecular weight is 254 g/mol. The highest BCUT2D eigenvalue weighted by atomic mass is 16.2. The van der Waals surface area contributed by atoms with Gasteiger partial charge in [0.1, 0.15) is 6.54 Å². The van der Waals surface area contributed by atoms with Crippen molar-refractivity contribution in [1.29, 1.82) is 0 Å². The van der Waals surface area contributed by atoms with Crippen molar-refractivity contribution in [2.24, 2.45) is 5.73 Å². The highest BCUT2D eigenvalue weighted by molar-refractivity contribution is 5.75. The Balaban J connectivity index is 2.35. The number of amides is 1. The van der Waals surface area contributed by atoms with Crippen molar-refractivity contribution >= 4 is 5.91 Å². The Hall–Kier alpha value is -1.47. The molecule has 0 saturated carbocycles. The summed E-state index contributed by atoms with van der Waals surface area (Å²) in [6.07, 6.45) is 2.66. The minimum Gasteiger partial charge on any atom is -0.344 e. The molecule has 0 unspecified atom stereocenters. The standard InChI is InChI=1S/C11H22N6O/c1-15(2)5-4-6-16(3)11(18)9-17-8-10(7-12)13-14-17/h8H,4-7,9,12H2,1-3H3. The summed E-state index contributed by atoms with van der Waals surface area (Å²) in [5, 5.41) is 7.69. The van der Waals surface area contributed by atoms with Crippen molar-refractivity contribution in [2.75, 3.05) is 34.2 Å². The van der Waals surface area contributed by atoms with Crippen molar-refractivity contribution in [3.05, 3.63) is 11.9 Å². The fourth-order valence-electron chi connectivity index (χ4n) is 1.52. The van der Waals surface area contributed by atoms with Crippen LogP contribution in [0.15, 0.2) is 6.20 Å². The summed E-state index contributed by atoms with van der Waals surface area (Å²) in [5.41, 5.74) is 6.12. The third-order valence-corrected chi connectivity index (χ3v) is 2.62. The average Bonchev–Trinajstić information content (AvgIpc) is 2.76. The molecule has 7 heteroatoms. The molecular formula is C11H22N6O. The topological polar surface area (TPSA) is 80.3 Å². The van der Waals surface area contributed by atoms with Gasteiger partial charge in [-0.25, -0.2) is 4.68 Å². The number of likely N-dealkylation sites (N-methyl/N-ethyl adjacent to an activating group) is 1. The van der Waals surface area contributed by atoms with Gasteiger partial charge in [-0.15, -0.1) is 5.10 Å². The zero-order chi connectivity index (χ0) is 13.5. The zero-order valence-corrected chi connectivity index (χ0v) is 11.3. The van der Waals surface area contributed by atoms with E-state index in [2.05, 4.69) is 15.2 Å². The molecule has 1 heterocycles. The molecule has 1 rings (SSSR count). The van der Waals surface area contributed by atoms with Crippen molar-refractivity contribution < 1.29 is 4.79 Å². The first-order valence-corrected chi connectivity index (χ1v) is 6.00. The van der Waals surface area contributed by atoms with Crippen LogP contribution in [0, 0.1) is 0 Å². The monoisotopic (exact) mass is 254 g/mol. The molecule has 0 aromatic carbocycles. The van der Waals surface area contributed by atoms with Crippen LogP contribution in [0.4, 0.5) is 0 Å². The van der Waals surface area contributed by atoms with Crippen LogP contribution in [0.5, 0.6) is 0 Å². The normalized spacial score (nSPS) is 10.9. The summed E-state index contributed by atoms with van der Waals surface area (Å²) in [7, 11) is 5.84. The Morgan fingerprint density at radius 1 is 1.39 bits per heavy atom. The maximum Gasteiger partial charge on any atom is 0.244 e. The van der Waals surface area contributed by atoms with Crippen molar-refractivity contribution in [3.8, 4) is 0 Å². The third-order valence-electron chi connectivity index (χ3n) is 2.62. The number of hydrogen-bond donors (Lipinski definition) is 1. The summed E-state index contributed by atoms with van der Waals surface area (Å²) in [6.45, 7) is 2.27. The van der Waals surface area contributed by atoms with Gasteiger partial charge in [-0.3, -0.25) is 4.79 Å². The van der Waals surface area contributed by atoms with Crippen molar-refractivity contribution in [3.63, 3.8) is 0 Å². The lowest BCUT2D eigenvalue weighted by molar-refractivity contribution is -0.130. The first kappa shape index (κ1) is 14.6. The summed E-state index contributed by atoms with van der Waals surface area (Å²) in [6, 6.07) is 0. The molecule has 0 aliphatic heterocycles. The second-order valence-corrected chi connectivity index (χ2v) is 4.58. The Bertz CT molecular complexity index is 375. The van der Waals surface area contributed by atoms with Gasteiger partial charge in [0.2, 0.25) is 5.91 Å². The second kappa shape index (κ2) is 7.07. The Labute approximate surface area is 108 Å². The molecule has 0 aliphatic carbocycles. The predicted octanol–water partition coefficient (Wildman–Crippen LogP) is -0.853. The van der Waals surface area contributed by atoms with Crippen LogP contribution in [0.25, 0.3) is 0 Å². The van der Waals surface area contributed by atoms with Gasteiger partial charge in [0.05, 0.1) is 11.9 Å². The minimum atomic E-state index is 0.0298. The molecule has 102 valence electrons. The molecule has 0 aliphatic rings. The van der Waals surface area contributed by atoms with Gasteiger partial charge in [-0.2, -0.15) is 0 Å². The van der Waals surface area contributed by atoms with Crippen molar-refractivity contribution in [2.45, 2.75) is 19.5 Å². The summed E-state index contributed by atoms with van der Waals surface area (Å²) < 4.78 is 1.52. The predicted molar refractivity (Wildman–Crippen MR) is 68.7 cm³/mol. The van der Waals surface area contributed by atoms with Gasteiger partial charge in [0.25, 0.3) is 0 Å². The minimum absolute atomic E-state index is 0.0298. The molecule has 7 nitrogen and oxygen atoms in total. The summed E-state index contributed by atoms with van der Waals surface area (Å²) >= 11 is 0. The molecule has 2 N–H and O–H groups in total. The SMILES string of the molecule is CN(C)CCCN(C)C(=O)Cn1cc(CN)nn1. The maximum absolute atomic E-state index is 11.9. The molecular weight excluding hydrogens is 232 g/mol. The van der Waals surface area contributed by atoms with Gasteiger partial charge in [0, 0.05) is 20.1 Å². The molecule has 0 bridgehead atoms. The smallest absolute Gasteiger partial charge is 0.244 e. The second-order valence-electron chi connectivity index (χ2n) is 4.58. The molecule has 0 radical (unpaired) electrons. The van der Waals surface area contributed by atoms with Crippen LogP contribution >= 0.6 is 0 Å². The van der Waals surface area contributed by atoms with Crippen LogP contribution in [-0.4, -0.2) is 64.9 Å². The van der Waals surface area contributed by atoms with Gasteiger partial charge >= 0.3 is 0 Å². The maximum atomic E-state index is 11.9. The number of nitrogens with two attached hydrogens (primary N) is 1. The van der Waals surface area contributed by atoms with E-state index in [9.17, 15) is 4.79 Å². The van der Waals surface area contributed by atoms with E-state index in [1.54, 1.807) is 18.1 Å². The van der Waals surface area contributed by atoms with Crippen LogP contribution in [0.2, 0.25) is 0 Å². The van der Waals surface area contributed by atoms with E-state index < -0.39 is 0 Å². The van der Waals surface area contributed by atoms with Crippen LogP contribution < -0.4 is 5.73 Å². The van der Waals surface area contributed by atoms with Crippen LogP contribution in [0.3, 0.4) is 0 Å². The highest BCUT2D eigenvalue weighted by Gasteiger charge is 2.10. The highest BCUT2D eigenvalue weighted by Crippen LogP contribution is 1.95. The van der Waals surface area contributed by atoms with Crippen LogP contribution in [-0.2, 0) is 17.9 Å². The quantitative estimate of drug-likeness (QED) is 0.685. The fraction of sp³-hybridized carbons (Fsp3) is 0.727. The van der Waals surface area contributed by atoms with Gasteiger partial charge in [-0.05, 0) is 27.1 Å². The number of carbonyl (C=O) groups is 1. The van der Waals surface area contributed by atoms with Gasteiger partial charge < -0.3 is 15.5 Å². The van der Waals surface area contributed by atoms with E-state index in [1.807, 2.05) is 14.1 Å². The van der Waals surface area contributed by atoms with Crippen LogP contribution in [0.1, 0.15) is 12.1 Å². The van der Waals surface area contributed by atoms with E-state index in [1.165, 1.54) is 4.68 Å². The number of hydrogen-bond acceptors (Lipinski definition) is 5. The Kier molecular flexibility index (Phi) is 5.73. The molecule has 1 aromatic heterocycles. The van der Waals surface area contributed by atoms with Gasteiger partial charge in [0.15, 0.2) is 0 Å². The largest absolute Gasteiger partial charge is 0.344 e. The first-order chi connectivity index (χ1) is 8.52. The molecule has 18 heavy (non-hydrogen) atoms. The van der Waals surface area contributed by atoms with Gasteiger partial charge in [-0.1, -0.05) is 5.21 Å². The summed E-state index contributed by atoms with van der Waals surface area (Å²) in [5.74, 6) is 0.0298. The molecule has 1 amide bonds. The third kappa shape index (κ3) is 4.80. The Morgan fingerprint density at radius 2 is 2.11 bits per heavy atom. The van der Waals surface area contributed by atoms with Crippen molar-refractivity contribution in [1.82, 2.24) is 24.8 Å². The van der Waals surface area contributed by atoms with E-state index >= 15 is 0 Å². The first-order valence-electron chi connectivity index (χ1n) is 6.00. The molecule has 0 atom stereocenters.